The number of carbonyl (C=O) groups is 1. The molecule has 3 nitrogen and oxygen atoms in total. The van der Waals surface area contributed by atoms with Crippen molar-refractivity contribution in [2.45, 2.75) is 52.1 Å². The van der Waals surface area contributed by atoms with Crippen molar-refractivity contribution >= 4 is 5.91 Å². The van der Waals surface area contributed by atoms with Crippen LogP contribution < -0.4 is 10.6 Å². The molecule has 1 aliphatic rings. The molecule has 4 atom stereocenters. The van der Waals surface area contributed by atoms with Crippen molar-refractivity contribution in [2.75, 3.05) is 7.05 Å². The topological polar surface area (TPSA) is 41.1 Å². The van der Waals surface area contributed by atoms with Gasteiger partial charge in [0.15, 0.2) is 0 Å². The number of hydrogen-bond donors (Lipinski definition) is 2. The van der Waals surface area contributed by atoms with Crippen LogP contribution in [0.3, 0.4) is 0 Å². The third-order valence-corrected chi connectivity index (χ3v) is 3.56. The van der Waals surface area contributed by atoms with E-state index in [1.54, 1.807) is 7.05 Å². The van der Waals surface area contributed by atoms with Crippen molar-refractivity contribution in [1.82, 2.24) is 10.6 Å². The molecule has 0 aromatic heterocycles. The number of rotatable bonds is 3. The summed E-state index contributed by atoms with van der Waals surface area (Å²) < 4.78 is 0. The highest BCUT2D eigenvalue weighted by atomic mass is 16.2. The van der Waals surface area contributed by atoms with Gasteiger partial charge in [0.2, 0.25) is 5.91 Å². The highest BCUT2D eigenvalue weighted by Crippen LogP contribution is 2.28. The Morgan fingerprint density at radius 1 is 1.33 bits per heavy atom. The SMILES string of the molecule is CNC(=O)C(C)NC1CC(C)CCC1C. The van der Waals surface area contributed by atoms with Gasteiger partial charge < -0.3 is 10.6 Å². The highest BCUT2D eigenvalue weighted by Gasteiger charge is 2.27. The van der Waals surface area contributed by atoms with E-state index in [2.05, 4.69) is 24.5 Å². The summed E-state index contributed by atoms with van der Waals surface area (Å²) in [7, 11) is 1.69. The summed E-state index contributed by atoms with van der Waals surface area (Å²) >= 11 is 0. The van der Waals surface area contributed by atoms with E-state index in [1.165, 1.54) is 19.3 Å². The molecular weight excluding hydrogens is 188 g/mol. The first-order valence-electron chi connectivity index (χ1n) is 6.02. The third-order valence-electron chi connectivity index (χ3n) is 3.56. The molecule has 0 aliphatic heterocycles. The number of amides is 1. The minimum Gasteiger partial charge on any atom is -0.358 e. The fourth-order valence-electron chi connectivity index (χ4n) is 2.38. The van der Waals surface area contributed by atoms with Crippen LogP contribution in [-0.2, 0) is 4.79 Å². The second kappa shape index (κ2) is 5.50. The van der Waals surface area contributed by atoms with Gasteiger partial charge >= 0.3 is 0 Å². The Morgan fingerprint density at radius 3 is 2.60 bits per heavy atom. The molecule has 0 heterocycles. The van der Waals surface area contributed by atoms with Crippen LogP contribution in [-0.4, -0.2) is 25.0 Å². The summed E-state index contributed by atoms with van der Waals surface area (Å²) in [6.07, 6.45) is 3.80. The zero-order valence-electron chi connectivity index (χ0n) is 10.3. The second-order valence-electron chi connectivity index (χ2n) is 5.00. The molecule has 2 N–H and O–H groups in total. The lowest BCUT2D eigenvalue weighted by atomic mass is 9.80. The van der Waals surface area contributed by atoms with Crippen LogP contribution in [0.25, 0.3) is 0 Å². The molecule has 1 amide bonds. The Labute approximate surface area is 93.0 Å². The van der Waals surface area contributed by atoms with Crippen molar-refractivity contribution in [3.8, 4) is 0 Å². The predicted octanol–water partition coefficient (Wildman–Crippen LogP) is 1.54. The average Bonchev–Trinajstić information content (AvgIpc) is 2.22. The largest absolute Gasteiger partial charge is 0.358 e. The van der Waals surface area contributed by atoms with Crippen LogP contribution in [0.2, 0.25) is 0 Å². The maximum atomic E-state index is 11.4. The molecular formula is C12H24N2O. The maximum absolute atomic E-state index is 11.4. The van der Waals surface area contributed by atoms with Crippen molar-refractivity contribution in [3.05, 3.63) is 0 Å². The lowest BCUT2D eigenvalue weighted by molar-refractivity contribution is -0.122. The predicted molar refractivity (Wildman–Crippen MR) is 62.6 cm³/mol. The van der Waals surface area contributed by atoms with Gasteiger partial charge in [-0.3, -0.25) is 4.79 Å². The van der Waals surface area contributed by atoms with E-state index in [0.717, 1.165) is 5.92 Å². The van der Waals surface area contributed by atoms with E-state index in [0.29, 0.717) is 12.0 Å². The fraction of sp³-hybridized carbons (Fsp3) is 0.917. The molecule has 1 saturated carbocycles. The molecule has 0 aromatic carbocycles. The number of hydrogen-bond acceptors (Lipinski definition) is 2. The zero-order valence-corrected chi connectivity index (χ0v) is 10.3. The van der Waals surface area contributed by atoms with Gasteiger partial charge in [0.1, 0.15) is 0 Å². The van der Waals surface area contributed by atoms with Gasteiger partial charge in [-0.05, 0) is 31.6 Å². The maximum Gasteiger partial charge on any atom is 0.236 e. The van der Waals surface area contributed by atoms with Gasteiger partial charge in [-0.1, -0.05) is 20.3 Å². The first kappa shape index (κ1) is 12.5. The van der Waals surface area contributed by atoms with Crippen LogP contribution in [0.5, 0.6) is 0 Å². The number of nitrogens with one attached hydrogen (secondary N) is 2. The molecule has 1 aliphatic carbocycles. The number of carbonyl (C=O) groups excluding carboxylic acids is 1. The Hall–Kier alpha value is -0.570. The van der Waals surface area contributed by atoms with Crippen LogP contribution in [0, 0.1) is 11.8 Å². The molecule has 1 fully saturated rings. The standard InChI is InChI=1S/C12H24N2O/c1-8-5-6-9(2)11(7-8)14-10(3)12(15)13-4/h8-11,14H,5-7H2,1-4H3,(H,13,15). The molecule has 1 rings (SSSR count). The average molecular weight is 212 g/mol. The van der Waals surface area contributed by atoms with E-state index in [-0.39, 0.29) is 11.9 Å². The Morgan fingerprint density at radius 2 is 2.00 bits per heavy atom. The molecule has 0 spiro atoms. The van der Waals surface area contributed by atoms with Crippen molar-refractivity contribution in [2.24, 2.45) is 11.8 Å². The normalized spacial score (nSPS) is 33.5. The minimum atomic E-state index is -0.0762. The Bertz CT molecular complexity index is 218. The summed E-state index contributed by atoms with van der Waals surface area (Å²) in [6.45, 7) is 6.51. The van der Waals surface area contributed by atoms with E-state index in [4.69, 9.17) is 0 Å². The van der Waals surface area contributed by atoms with E-state index in [1.807, 2.05) is 6.92 Å². The molecule has 4 unspecified atom stereocenters. The third kappa shape index (κ3) is 3.49. The van der Waals surface area contributed by atoms with Gasteiger partial charge in [-0.15, -0.1) is 0 Å². The smallest absolute Gasteiger partial charge is 0.236 e. The van der Waals surface area contributed by atoms with Gasteiger partial charge in [0.25, 0.3) is 0 Å². The first-order chi connectivity index (χ1) is 7.04. The quantitative estimate of drug-likeness (QED) is 0.745. The lowest BCUT2D eigenvalue weighted by Gasteiger charge is -2.35. The highest BCUT2D eigenvalue weighted by molar-refractivity contribution is 5.80. The Balaban J connectivity index is 2.45. The molecule has 0 bridgehead atoms. The molecule has 3 heteroatoms. The molecule has 15 heavy (non-hydrogen) atoms. The van der Waals surface area contributed by atoms with Crippen LogP contribution in [0.1, 0.15) is 40.0 Å². The van der Waals surface area contributed by atoms with E-state index in [9.17, 15) is 4.79 Å². The monoisotopic (exact) mass is 212 g/mol. The van der Waals surface area contributed by atoms with Crippen LogP contribution >= 0.6 is 0 Å². The molecule has 0 aromatic rings. The summed E-state index contributed by atoms with van der Waals surface area (Å²) in [5.74, 6) is 1.56. The lowest BCUT2D eigenvalue weighted by Crippen LogP contribution is -2.49. The van der Waals surface area contributed by atoms with Crippen LogP contribution in [0.15, 0.2) is 0 Å². The van der Waals surface area contributed by atoms with Gasteiger partial charge in [0, 0.05) is 13.1 Å². The van der Waals surface area contributed by atoms with Gasteiger partial charge in [0.05, 0.1) is 6.04 Å². The first-order valence-corrected chi connectivity index (χ1v) is 6.02. The summed E-state index contributed by atoms with van der Waals surface area (Å²) in [4.78, 5) is 11.4. The van der Waals surface area contributed by atoms with Crippen LogP contribution in [0.4, 0.5) is 0 Å². The molecule has 0 saturated heterocycles. The van der Waals surface area contributed by atoms with Crippen molar-refractivity contribution in [3.63, 3.8) is 0 Å². The molecule has 0 radical (unpaired) electrons. The van der Waals surface area contributed by atoms with Gasteiger partial charge in [-0.2, -0.15) is 0 Å². The van der Waals surface area contributed by atoms with E-state index < -0.39 is 0 Å². The fourth-order valence-corrected chi connectivity index (χ4v) is 2.38. The second-order valence-corrected chi connectivity index (χ2v) is 5.00. The summed E-state index contributed by atoms with van der Waals surface area (Å²) in [5.41, 5.74) is 0. The summed E-state index contributed by atoms with van der Waals surface area (Å²) in [5, 5.41) is 6.12. The van der Waals surface area contributed by atoms with Crippen molar-refractivity contribution < 1.29 is 4.79 Å². The minimum absolute atomic E-state index is 0.0762. The Kier molecular flexibility index (Phi) is 4.58. The van der Waals surface area contributed by atoms with Gasteiger partial charge in [-0.25, -0.2) is 0 Å². The molecule has 88 valence electrons. The van der Waals surface area contributed by atoms with E-state index >= 15 is 0 Å². The number of likely N-dealkylation sites (N-methyl/N-ethyl adjacent to an activating group) is 1. The summed E-state index contributed by atoms with van der Waals surface area (Å²) in [6, 6.07) is 0.425. The van der Waals surface area contributed by atoms with Crippen molar-refractivity contribution in [1.29, 1.82) is 0 Å². The zero-order chi connectivity index (χ0) is 11.4.